The predicted octanol–water partition coefficient (Wildman–Crippen LogP) is 2.33. The number of carbonyl (C=O) groups is 1. The number of ether oxygens (including phenoxy) is 2. The number of hydrogen-bond acceptors (Lipinski definition) is 5. The Bertz CT molecular complexity index is 584. The van der Waals surface area contributed by atoms with Gasteiger partial charge in [0.1, 0.15) is 0 Å². The molecule has 0 N–H and O–H groups in total. The van der Waals surface area contributed by atoms with Crippen LogP contribution in [0.15, 0.2) is 36.5 Å². The van der Waals surface area contributed by atoms with Gasteiger partial charge in [-0.3, -0.25) is 4.98 Å². The summed E-state index contributed by atoms with van der Waals surface area (Å²) in [5, 5.41) is 0. The van der Waals surface area contributed by atoms with Gasteiger partial charge in [-0.1, -0.05) is 6.07 Å². The Morgan fingerprint density at radius 2 is 2.11 bits per heavy atom. The summed E-state index contributed by atoms with van der Waals surface area (Å²) in [6.45, 7) is 2.11. The van der Waals surface area contributed by atoms with E-state index in [1.807, 2.05) is 6.07 Å². The van der Waals surface area contributed by atoms with E-state index in [4.69, 9.17) is 9.47 Å². The van der Waals surface area contributed by atoms with Gasteiger partial charge in [0.05, 0.1) is 30.7 Å². The first-order valence-corrected chi connectivity index (χ1v) is 5.89. The number of methoxy groups -OCH3 is 1. The Morgan fingerprint density at radius 1 is 1.26 bits per heavy atom. The van der Waals surface area contributed by atoms with Crippen molar-refractivity contribution in [2.75, 3.05) is 13.7 Å². The first kappa shape index (κ1) is 13.0. The molecule has 2 rings (SSSR count). The van der Waals surface area contributed by atoms with Gasteiger partial charge in [-0.25, -0.2) is 9.78 Å². The maximum atomic E-state index is 11.7. The van der Waals surface area contributed by atoms with Crippen molar-refractivity contribution in [1.29, 1.82) is 0 Å². The topological polar surface area (TPSA) is 61.3 Å². The van der Waals surface area contributed by atoms with Gasteiger partial charge in [0.25, 0.3) is 0 Å². The minimum absolute atomic E-state index is 0.341. The average molecular weight is 258 g/mol. The zero-order valence-electron chi connectivity index (χ0n) is 10.8. The molecule has 0 fully saturated rings. The molecule has 0 saturated carbocycles. The summed E-state index contributed by atoms with van der Waals surface area (Å²) in [7, 11) is 1.55. The number of nitrogens with zero attached hydrogens (tertiary/aromatic N) is 2. The summed E-state index contributed by atoms with van der Waals surface area (Å²) in [5.74, 6) is 0.134. The number of carbonyl (C=O) groups excluding carboxylic acids is 1. The van der Waals surface area contributed by atoms with Crippen LogP contribution in [0.25, 0.3) is 11.4 Å². The van der Waals surface area contributed by atoms with Crippen LogP contribution < -0.4 is 4.74 Å². The molecule has 0 aliphatic rings. The highest BCUT2D eigenvalue weighted by Crippen LogP contribution is 2.18. The van der Waals surface area contributed by atoms with E-state index >= 15 is 0 Å². The van der Waals surface area contributed by atoms with Crippen molar-refractivity contribution in [3.63, 3.8) is 0 Å². The maximum Gasteiger partial charge on any atom is 0.338 e. The second-order valence-corrected chi connectivity index (χ2v) is 3.72. The zero-order chi connectivity index (χ0) is 13.7. The molecule has 0 atom stereocenters. The molecule has 0 saturated heterocycles. The van der Waals surface area contributed by atoms with Crippen LogP contribution in [0, 0.1) is 0 Å². The summed E-state index contributed by atoms with van der Waals surface area (Å²) in [5.41, 5.74) is 1.70. The number of rotatable bonds is 4. The monoisotopic (exact) mass is 258 g/mol. The number of hydrogen-bond donors (Lipinski definition) is 0. The molecule has 0 spiro atoms. The molecule has 2 heterocycles. The lowest BCUT2D eigenvalue weighted by Gasteiger charge is -2.05. The van der Waals surface area contributed by atoms with E-state index in [9.17, 15) is 4.79 Å². The molecule has 5 nitrogen and oxygen atoms in total. The fourth-order valence-electron chi connectivity index (χ4n) is 1.58. The molecule has 0 radical (unpaired) electrons. The fraction of sp³-hybridized carbons (Fsp3) is 0.214. The van der Waals surface area contributed by atoms with Crippen molar-refractivity contribution in [2.24, 2.45) is 0 Å². The van der Waals surface area contributed by atoms with Gasteiger partial charge in [0.15, 0.2) is 0 Å². The number of esters is 1. The lowest BCUT2D eigenvalue weighted by atomic mass is 10.2. The van der Waals surface area contributed by atoms with Gasteiger partial charge >= 0.3 is 5.97 Å². The highest BCUT2D eigenvalue weighted by Gasteiger charge is 2.09. The Balaban J connectivity index is 2.34. The van der Waals surface area contributed by atoms with Gasteiger partial charge < -0.3 is 9.47 Å². The van der Waals surface area contributed by atoms with Crippen LogP contribution >= 0.6 is 0 Å². The third-order valence-corrected chi connectivity index (χ3v) is 2.47. The first-order valence-electron chi connectivity index (χ1n) is 5.89. The smallest absolute Gasteiger partial charge is 0.338 e. The number of pyridine rings is 2. The van der Waals surface area contributed by atoms with Crippen molar-refractivity contribution in [1.82, 2.24) is 9.97 Å². The van der Waals surface area contributed by atoms with Gasteiger partial charge in [0.2, 0.25) is 5.88 Å². The number of aromatic nitrogens is 2. The molecule has 98 valence electrons. The van der Waals surface area contributed by atoms with Crippen molar-refractivity contribution < 1.29 is 14.3 Å². The van der Waals surface area contributed by atoms with Crippen LogP contribution in [0.4, 0.5) is 0 Å². The SMILES string of the molecule is CCOC(=O)c1ccnc(-c2cccc(OC)n2)c1. The van der Waals surface area contributed by atoms with Crippen molar-refractivity contribution in [2.45, 2.75) is 6.92 Å². The minimum atomic E-state index is -0.367. The standard InChI is InChI=1S/C14H14N2O3/c1-3-19-14(17)10-7-8-15-12(9-10)11-5-4-6-13(16-11)18-2/h4-9H,3H2,1-2H3. The lowest BCUT2D eigenvalue weighted by Crippen LogP contribution is -2.05. The van der Waals surface area contributed by atoms with Crippen LogP contribution in [0.2, 0.25) is 0 Å². The Hall–Kier alpha value is -2.43. The van der Waals surface area contributed by atoms with E-state index in [1.165, 1.54) is 0 Å². The third-order valence-electron chi connectivity index (χ3n) is 2.47. The molecule has 0 bridgehead atoms. The highest BCUT2D eigenvalue weighted by atomic mass is 16.5. The second kappa shape index (κ2) is 5.95. The van der Waals surface area contributed by atoms with Gasteiger partial charge in [-0.15, -0.1) is 0 Å². The quantitative estimate of drug-likeness (QED) is 0.788. The van der Waals surface area contributed by atoms with Crippen LogP contribution in [-0.4, -0.2) is 29.7 Å². The van der Waals surface area contributed by atoms with Crippen molar-refractivity contribution >= 4 is 5.97 Å². The van der Waals surface area contributed by atoms with E-state index in [2.05, 4.69) is 9.97 Å². The summed E-state index contributed by atoms with van der Waals surface area (Å²) in [6.07, 6.45) is 1.56. The third kappa shape index (κ3) is 3.07. The molecule has 5 heteroatoms. The minimum Gasteiger partial charge on any atom is -0.481 e. The zero-order valence-corrected chi connectivity index (χ0v) is 10.8. The summed E-state index contributed by atoms with van der Waals surface area (Å²) in [6, 6.07) is 8.64. The molecule has 2 aromatic rings. The molecular weight excluding hydrogens is 244 g/mol. The summed E-state index contributed by atoms with van der Waals surface area (Å²) >= 11 is 0. The summed E-state index contributed by atoms with van der Waals surface area (Å²) in [4.78, 5) is 20.1. The van der Waals surface area contributed by atoms with Crippen LogP contribution in [0.1, 0.15) is 17.3 Å². The average Bonchev–Trinajstić information content (AvgIpc) is 2.48. The largest absolute Gasteiger partial charge is 0.481 e. The molecule has 0 aliphatic carbocycles. The van der Waals surface area contributed by atoms with E-state index in [-0.39, 0.29) is 5.97 Å². The first-order chi connectivity index (χ1) is 9.24. The van der Waals surface area contributed by atoms with E-state index in [0.29, 0.717) is 29.4 Å². The van der Waals surface area contributed by atoms with E-state index in [0.717, 1.165) is 0 Å². The fourth-order valence-corrected chi connectivity index (χ4v) is 1.58. The van der Waals surface area contributed by atoms with E-state index in [1.54, 1.807) is 44.5 Å². The molecule has 0 aliphatic heterocycles. The van der Waals surface area contributed by atoms with Crippen LogP contribution in [0.3, 0.4) is 0 Å². The summed E-state index contributed by atoms with van der Waals surface area (Å²) < 4.78 is 10.0. The van der Waals surface area contributed by atoms with Gasteiger partial charge in [-0.05, 0) is 25.1 Å². The maximum absolute atomic E-state index is 11.7. The predicted molar refractivity (Wildman–Crippen MR) is 70.0 cm³/mol. The van der Waals surface area contributed by atoms with Crippen LogP contribution in [-0.2, 0) is 4.74 Å². The van der Waals surface area contributed by atoms with Gasteiger partial charge in [0, 0.05) is 12.3 Å². The Labute approximate surface area is 111 Å². The molecule has 0 aromatic carbocycles. The Kier molecular flexibility index (Phi) is 4.07. The molecule has 0 amide bonds. The molecule has 19 heavy (non-hydrogen) atoms. The Morgan fingerprint density at radius 3 is 2.84 bits per heavy atom. The van der Waals surface area contributed by atoms with Crippen LogP contribution in [0.5, 0.6) is 5.88 Å². The van der Waals surface area contributed by atoms with Gasteiger partial charge in [-0.2, -0.15) is 0 Å². The highest BCUT2D eigenvalue weighted by molar-refractivity contribution is 5.90. The molecule has 2 aromatic heterocycles. The molecule has 0 unspecified atom stereocenters. The molecular formula is C14H14N2O3. The van der Waals surface area contributed by atoms with E-state index < -0.39 is 0 Å². The normalized spacial score (nSPS) is 10.0. The van der Waals surface area contributed by atoms with Crippen molar-refractivity contribution in [3.05, 3.63) is 42.1 Å². The van der Waals surface area contributed by atoms with Crippen molar-refractivity contribution in [3.8, 4) is 17.3 Å². The second-order valence-electron chi connectivity index (χ2n) is 3.72. The lowest BCUT2D eigenvalue weighted by molar-refractivity contribution is 0.0526.